The van der Waals surface area contributed by atoms with Crippen LogP contribution in [0.4, 0.5) is 4.39 Å². The monoisotopic (exact) mass is 362 g/mol. The molecule has 26 heavy (non-hydrogen) atoms. The SMILES string of the molecule is O=C(NC1CC1)c1nnc2n1CCN1CCN(C(=O)C3(F)CCC3)CC21. The third kappa shape index (κ3) is 2.52. The summed E-state index contributed by atoms with van der Waals surface area (Å²) in [7, 11) is 0. The van der Waals surface area contributed by atoms with Crippen LogP contribution in [0.5, 0.6) is 0 Å². The number of carbonyl (C=O) groups excluding carboxylic acids is 2. The van der Waals surface area contributed by atoms with E-state index in [9.17, 15) is 14.0 Å². The van der Waals surface area contributed by atoms with Crippen molar-refractivity contribution in [3.63, 3.8) is 0 Å². The zero-order chi connectivity index (χ0) is 17.9. The summed E-state index contributed by atoms with van der Waals surface area (Å²) in [6, 6.07) is 0.140. The van der Waals surface area contributed by atoms with Crippen molar-refractivity contribution in [2.45, 2.75) is 56.4 Å². The minimum atomic E-state index is -1.67. The fourth-order valence-corrected chi connectivity index (χ4v) is 4.16. The highest BCUT2D eigenvalue weighted by Crippen LogP contribution is 2.39. The lowest BCUT2D eigenvalue weighted by Crippen LogP contribution is -2.58. The Morgan fingerprint density at radius 2 is 1.88 bits per heavy atom. The number of nitrogens with zero attached hydrogens (tertiary/aromatic N) is 5. The first-order chi connectivity index (χ1) is 12.5. The Hall–Kier alpha value is -2.03. The number of fused-ring (bicyclic) bond motifs is 3. The van der Waals surface area contributed by atoms with Crippen molar-refractivity contribution in [1.29, 1.82) is 0 Å². The molecular weight excluding hydrogens is 339 g/mol. The van der Waals surface area contributed by atoms with Gasteiger partial charge in [-0.25, -0.2) is 4.39 Å². The lowest BCUT2D eigenvalue weighted by atomic mass is 9.80. The van der Waals surface area contributed by atoms with Crippen LogP contribution in [0.3, 0.4) is 0 Å². The molecule has 0 aromatic carbocycles. The Labute approximate surface area is 150 Å². The topological polar surface area (TPSA) is 83.4 Å². The van der Waals surface area contributed by atoms with Gasteiger partial charge in [-0.15, -0.1) is 10.2 Å². The van der Waals surface area contributed by atoms with Crippen LogP contribution >= 0.6 is 0 Å². The molecule has 140 valence electrons. The van der Waals surface area contributed by atoms with Gasteiger partial charge >= 0.3 is 0 Å². The molecule has 9 heteroatoms. The van der Waals surface area contributed by atoms with Gasteiger partial charge in [0.25, 0.3) is 11.8 Å². The van der Waals surface area contributed by atoms with Crippen LogP contribution in [0.2, 0.25) is 0 Å². The standard InChI is InChI=1S/C17H23FN6O2/c18-17(4-1-5-17)16(26)23-7-6-22-8-9-24-13(12(22)10-23)20-21-14(24)15(25)19-11-2-3-11/h11-12H,1-10H2,(H,19,25). The number of alkyl halides is 1. The Morgan fingerprint density at radius 3 is 2.58 bits per heavy atom. The van der Waals surface area contributed by atoms with Gasteiger partial charge in [0.05, 0.1) is 6.04 Å². The average molecular weight is 362 g/mol. The highest BCUT2D eigenvalue weighted by Gasteiger charge is 2.49. The second-order valence-corrected chi connectivity index (χ2v) is 7.90. The van der Waals surface area contributed by atoms with E-state index < -0.39 is 5.67 Å². The Bertz CT molecular complexity index is 756. The van der Waals surface area contributed by atoms with Gasteiger partial charge in [0.15, 0.2) is 11.5 Å². The van der Waals surface area contributed by atoms with E-state index >= 15 is 0 Å². The maximum atomic E-state index is 14.6. The summed E-state index contributed by atoms with van der Waals surface area (Å²) in [5, 5.41) is 11.3. The van der Waals surface area contributed by atoms with Crippen molar-refractivity contribution in [2.24, 2.45) is 0 Å². The van der Waals surface area contributed by atoms with Crippen molar-refractivity contribution in [2.75, 3.05) is 26.2 Å². The maximum Gasteiger partial charge on any atom is 0.289 e. The fraction of sp³-hybridized carbons (Fsp3) is 0.765. The molecule has 5 rings (SSSR count). The first kappa shape index (κ1) is 16.2. The zero-order valence-electron chi connectivity index (χ0n) is 14.7. The Balaban J connectivity index is 1.36. The summed E-state index contributed by atoms with van der Waals surface area (Å²) in [5.74, 6) is 0.486. The number of hydrogen-bond acceptors (Lipinski definition) is 5. The highest BCUT2D eigenvalue weighted by molar-refractivity contribution is 5.91. The van der Waals surface area contributed by atoms with Crippen LogP contribution in [0, 0.1) is 0 Å². The van der Waals surface area contributed by atoms with Crippen molar-refractivity contribution in [3.05, 3.63) is 11.6 Å². The molecule has 3 heterocycles. The second-order valence-electron chi connectivity index (χ2n) is 7.90. The molecule has 0 radical (unpaired) electrons. The number of piperazine rings is 1. The van der Waals surface area contributed by atoms with E-state index in [1.54, 1.807) is 4.90 Å². The van der Waals surface area contributed by atoms with E-state index in [0.717, 1.165) is 25.8 Å². The number of aromatic nitrogens is 3. The molecule has 2 amide bonds. The second kappa shape index (κ2) is 5.73. The van der Waals surface area contributed by atoms with Crippen molar-refractivity contribution >= 4 is 11.8 Å². The predicted octanol–water partition coefficient (Wildman–Crippen LogP) is 0.261. The first-order valence-corrected chi connectivity index (χ1v) is 9.51. The number of hydrogen-bond donors (Lipinski definition) is 1. The zero-order valence-corrected chi connectivity index (χ0v) is 14.7. The molecule has 0 spiro atoms. The third-order valence-electron chi connectivity index (χ3n) is 6.11. The Morgan fingerprint density at radius 1 is 1.12 bits per heavy atom. The number of rotatable bonds is 3. The van der Waals surface area contributed by atoms with Crippen LogP contribution < -0.4 is 5.32 Å². The van der Waals surface area contributed by atoms with E-state index in [1.165, 1.54) is 0 Å². The molecule has 0 bridgehead atoms. The summed E-state index contributed by atoms with van der Waals surface area (Å²) in [6.07, 6.45) is 3.48. The summed E-state index contributed by atoms with van der Waals surface area (Å²) >= 11 is 0. The summed E-state index contributed by atoms with van der Waals surface area (Å²) in [4.78, 5) is 28.8. The lowest BCUT2D eigenvalue weighted by Gasteiger charge is -2.46. The van der Waals surface area contributed by atoms with Crippen molar-refractivity contribution in [3.8, 4) is 0 Å². The van der Waals surface area contributed by atoms with Gasteiger partial charge in [-0.1, -0.05) is 0 Å². The van der Waals surface area contributed by atoms with Crippen molar-refractivity contribution < 1.29 is 14.0 Å². The number of halogens is 1. The van der Waals surface area contributed by atoms with Crippen molar-refractivity contribution in [1.82, 2.24) is 29.9 Å². The molecule has 2 aliphatic heterocycles. The minimum absolute atomic E-state index is 0.125. The van der Waals surface area contributed by atoms with E-state index in [4.69, 9.17) is 0 Å². The number of carbonyl (C=O) groups is 2. The van der Waals surface area contributed by atoms with Gasteiger partial charge in [0.2, 0.25) is 5.82 Å². The van der Waals surface area contributed by atoms with Gasteiger partial charge < -0.3 is 14.8 Å². The smallest absolute Gasteiger partial charge is 0.289 e. The quantitative estimate of drug-likeness (QED) is 0.834. The fourth-order valence-electron chi connectivity index (χ4n) is 4.16. The molecule has 4 aliphatic rings. The summed E-state index contributed by atoms with van der Waals surface area (Å²) in [6.45, 7) is 3.09. The van der Waals surface area contributed by atoms with Crippen LogP contribution in [-0.2, 0) is 11.3 Å². The largest absolute Gasteiger partial charge is 0.347 e. The van der Waals surface area contributed by atoms with Crippen LogP contribution in [0.1, 0.15) is 54.6 Å². The number of amides is 2. The molecule has 1 atom stereocenters. The van der Waals surface area contributed by atoms with Gasteiger partial charge in [0, 0.05) is 38.8 Å². The van der Waals surface area contributed by atoms with Gasteiger partial charge in [0.1, 0.15) is 0 Å². The van der Waals surface area contributed by atoms with Gasteiger partial charge in [-0.3, -0.25) is 14.5 Å². The van der Waals surface area contributed by atoms with Gasteiger partial charge in [-0.2, -0.15) is 0 Å². The lowest BCUT2D eigenvalue weighted by molar-refractivity contribution is -0.153. The molecule has 1 N–H and O–H groups in total. The molecule has 1 unspecified atom stereocenters. The number of nitrogens with one attached hydrogen (secondary N) is 1. The van der Waals surface area contributed by atoms with Crippen LogP contribution in [-0.4, -0.2) is 74.3 Å². The maximum absolute atomic E-state index is 14.6. The first-order valence-electron chi connectivity index (χ1n) is 9.51. The average Bonchev–Trinajstić information content (AvgIpc) is 3.32. The normalized spacial score (nSPS) is 27.3. The molecule has 1 aromatic heterocycles. The van der Waals surface area contributed by atoms with Crippen LogP contribution in [0.25, 0.3) is 0 Å². The van der Waals surface area contributed by atoms with E-state index in [1.807, 2.05) is 4.57 Å². The molecule has 2 saturated carbocycles. The Kier molecular flexibility index (Phi) is 3.57. The molecule has 8 nitrogen and oxygen atoms in total. The van der Waals surface area contributed by atoms with E-state index in [-0.39, 0.29) is 23.9 Å². The third-order valence-corrected chi connectivity index (χ3v) is 6.11. The summed E-state index contributed by atoms with van der Waals surface area (Å²) in [5.41, 5.74) is -1.67. The molecule has 2 aliphatic carbocycles. The molecular formula is C17H23FN6O2. The van der Waals surface area contributed by atoms with Crippen LogP contribution in [0.15, 0.2) is 0 Å². The molecule has 1 aromatic rings. The highest BCUT2D eigenvalue weighted by atomic mass is 19.1. The predicted molar refractivity (Wildman–Crippen MR) is 89.1 cm³/mol. The summed E-state index contributed by atoms with van der Waals surface area (Å²) < 4.78 is 16.4. The molecule has 1 saturated heterocycles. The minimum Gasteiger partial charge on any atom is -0.347 e. The van der Waals surface area contributed by atoms with Gasteiger partial charge in [-0.05, 0) is 32.1 Å². The van der Waals surface area contributed by atoms with E-state index in [2.05, 4.69) is 20.4 Å². The molecule has 3 fully saturated rings. The van der Waals surface area contributed by atoms with E-state index in [0.29, 0.717) is 50.7 Å².